The molecule has 1 fully saturated rings. The second kappa shape index (κ2) is 6.32. The summed E-state index contributed by atoms with van der Waals surface area (Å²) in [4.78, 5) is 12.7. The summed E-state index contributed by atoms with van der Waals surface area (Å²) in [7, 11) is -3.34. The Morgan fingerprint density at radius 2 is 1.65 bits per heavy atom. The molecule has 1 aliphatic heterocycles. The van der Waals surface area contributed by atoms with Crippen LogP contribution < -0.4 is 14.5 Å². The number of sulfonamides is 1. The number of hydrogen-bond donors (Lipinski definition) is 1. The van der Waals surface area contributed by atoms with E-state index in [1.54, 1.807) is 30.6 Å². The van der Waals surface area contributed by atoms with Crippen LogP contribution in [0.3, 0.4) is 0 Å². The standard InChI is InChI=1S/C13H17N7O2S/c1-23(21,22)18-11-3-4-12(17-16-11)19-7-9-20(10-8-19)13-14-5-2-6-15-13/h2-6H,7-10H2,1H3,(H,16,18). The summed E-state index contributed by atoms with van der Waals surface area (Å²) in [6, 6.07) is 5.16. The summed E-state index contributed by atoms with van der Waals surface area (Å²) in [5.74, 6) is 1.66. The number of aromatic nitrogens is 4. The largest absolute Gasteiger partial charge is 0.352 e. The fourth-order valence-corrected chi connectivity index (χ4v) is 2.82. The number of anilines is 3. The molecule has 0 amide bonds. The van der Waals surface area contributed by atoms with Gasteiger partial charge >= 0.3 is 0 Å². The number of hydrogen-bond acceptors (Lipinski definition) is 8. The van der Waals surface area contributed by atoms with Gasteiger partial charge < -0.3 is 9.80 Å². The van der Waals surface area contributed by atoms with E-state index in [2.05, 4.69) is 34.7 Å². The Bertz CT molecular complexity index is 744. The van der Waals surface area contributed by atoms with Gasteiger partial charge in [-0.2, -0.15) is 0 Å². The molecule has 122 valence electrons. The molecule has 9 nitrogen and oxygen atoms in total. The smallest absolute Gasteiger partial charge is 0.231 e. The van der Waals surface area contributed by atoms with Crippen molar-refractivity contribution in [3.05, 3.63) is 30.6 Å². The van der Waals surface area contributed by atoms with E-state index in [4.69, 9.17) is 0 Å². The van der Waals surface area contributed by atoms with Crippen molar-refractivity contribution in [2.45, 2.75) is 0 Å². The highest BCUT2D eigenvalue weighted by molar-refractivity contribution is 7.92. The first-order valence-corrected chi connectivity index (χ1v) is 8.99. The van der Waals surface area contributed by atoms with Crippen LogP contribution in [0, 0.1) is 0 Å². The molecule has 0 saturated carbocycles. The molecule has 2 aromatic heterocycles. The van der Waals surface area contributed by atoms with Gasteiger partial charge in [-0.25, -0.2) is 18.4 Å². The second-order valence-corrected chi connectivity index (χ2v) is 6.92. The van der Waals surface area contributed by atoms with Crippen LogP contribution in [-0.2, 0) is 10.0 Å². The molecule has 0 radical (unpaired) electrons. The zero-order chi connectivity index (χ0) is 16.3. The van der Waals surface area contributed by atoms with Crippen molar-refractivity contribution in [1.82, 2.24) is 20.2 Å². The Balaban J connectivity index is 1.61. The van der Waals surface area contributed by atoms with Crippen molar-refractivity contribution in [3.8, 4) is 0 Å². The Morgan fingerprint density at radius 3 is 2.22 bits per heavy atom. The maximum Gasteiger partial charge on any atom is 0.231 e. The molecule has 2 aromatic rings. The third kappa shape index (κ3) is 4.03. The average molecular weight is 335 g/mol. The summed E-state index contributed by atoms with van der Waals surface area (Å²) in [5, 5.41) is 7.98. The topological polar surface area (TPSA) is 104 Å². The maximum atomic E-state index is 11.2. The molecular formula is C13H17N7O2S. The van der Waals surface area contributed by atoms with Crippen LogP contribution in [0.25, 0.3) is 0 Å². The molecule has 0 spiro atoms. The van der Waals surface area contributed by atoms with Gasteiger partial charge in [-0.05, 0) is 18.2 Å². The van der Waals surface area contributed by atoms with Crippen LogP contribution in [-0.4, -0.2) is 61.0 Å². The first kappa shape index (κ1) is 15.4. The maximum absolute atomic E-state index is 11.2. The van der Waals surface area contributed by atoms with Gasteiger partial charge in [-0.15, -0.1) is 10.2 Å². The van der Waals surface area contributed by atoms with Crippen LogP contribution in [0.1, 0.15) is 0 Å². The molecule has 0 unspecified atom stereocenters. The zero-order valence-corrected chi connectivity index (χ0v) is 13.4. The van der Waals surface area contributed by atoms with Crippen LogP contribution >= 0.6 is 0 Å². The molecule has 1 saturated heterocycles. The fraction of sp³-hybridized carbons (Fsp3) is 0.385. The van der Waals surface area contributed by atoms with Gasteiger partial charge in [0, 0.05) is 38.6 Å². The molecule has 0 aromatic carbocycles. The van der Waals surface area contributed by atoms with Gasteiger partial charge in [-0.1, -0.05) is 0 Å². The van der Waals surface area contributed by atoms with Gasteiger partial charge in [0.25, 0.3) is 0 Å². The Hall–Kier alpha value is -2.49. The van der Waals surface area contributed by atoms with Crippen LogP contribution in [0.15, 0.2) is 30.6 Å². The number of nitrogens with zero attached hydrogens (tertiary/aromatic N) is 6. The lowest BCUT2D eigenvalue weighted by molar-refractivity contribution is 0.606. The van der Waals surface area contributed by atoms with E-state index in [0.29, 0.717) is 0 Å². The third-order valence-corrected chi connectivity index (χ3v) is 3.96. The van der Waals surface area contributed by atoms with Crippen molar-refractivity contribution in [3.63, 3.8) is 0 Å². The van der Waals surface area contributed by atoms with Crippen LogP contribution in [0.5, 0.6) is 0 Å². The van der Waals surface area contributed by atoms with E-state index < -0.39 is 10.0 Å². The lowest BCUT2D eigenvalue weighted by Crippen LogP contribution is -2.47. The molecule has 23 heavy (non-hydrogen) atoms. The van der Waals surface area contributed by atoms with Gasteiger partial charge in [-0.3, -0.25) is 4.72 Å². The fourth-order valence-electron chi connectivity index (χ4n) is 2.33. The van der Waals surface area contributed by atoms with E-state index >= 15 is 0 Å². The average Bonchev–Trinajstić information content (AvgIpc) is 2.55. The molecule has 3 rings (SSSR count). The number of rotatable bonds is 4. The van der Waals surface area contributed by atoms with Gasteiger partial charge in [0.2, 0.25) is 16.0 Å². The van der Waals surface area contributed by atoms with Crippen molar-refractivity contribution in [1.29, 1.82) is 0 Å². The van der Waals surface area contributed by atoms with Crippen molar-refractivity contribution >= 4 is 27.6 Å². The van der Waals surface area contributed by atoms with Crippen molar-refractivity contribution < 1.29 is 8.42 Å². The van der Waals surface area contributed by atoms with E-state index in [9.17, 15) is 8.42 Å². The van der Waals surface area contributed by atoms with E-state index in [-0.39, 0.29) is 5.82 Å². The summed E-state index contributed by atoms with van der Waals surface area (Å²) in [6.45, 7) is 3.11. The zero-order valence-electron chi connectivity index (χ0n) is 12.6. The lowest BCUT2D eigenvalue weighted by atomic mass is 10.3. The lowest BCUT2D eigenvalue weighted by Gasteiger charge is -2.35. The van der Waals surface area contributed by atoms with Crippen molar-refractivity contribution in [2.75, 3.05) is 47.0 Å². The minimum atomic E-state index is -3.34. The summed E-state index contributed by atoms with van der Waals surface area (Å²) < 4.78 is 24.6. The minimum Gasteiger partial charge on any atom is -0.352 e. The second-order valence-electron chi connectivity index (χ2n) is 5.17. The third-order valence-electron chi connectivity index (χ3n) is 3.38. The summed E-state index contributed by atoms with van der Waals surface area (Å²) in [5.41, 5.74) is 0. The molecule has 1 aliphatic rings. The van der Waals surface area contributed by atoms with Gasteiger partial charge in [0.15, 0.2) is 11.6 Å². The van der Waals surface area contributed by atoms with E-state index in [0.717, 1.165) is 44.2 Å². The normalized spacial score (nSPS) is 15.5. The molecular weight excluding hydrogens is 318 g/mol. The number of piperazine rings is 1. The molecule has 10 heteroatoms. The minimum absolute atomic E-state index is 0.215. The summed E-state index contributed by atoms with van der Waals surface area (Å²) >= 11 is 0. The van der Waals surface area contributed by atoms with Crippen LogP contribution in [0.2, 0.25) is 0 Å². The number of nitrogens with one attached hydrogen (secondary N) is 1. The quantitative estimate of drug-likeness (QED) is 0.830. The Kier molecular flexibility index (Phi) is 4.24. The predicted molar refractivity (Wildman–Crippen MR) is 87.0 cm³/mol. The predicted octanol–water partition coefficient (Wildman–Crippen LogP) is -0.0353. The van der Waals surface area contributed by atoms with E-state index in [1.807, 2.05) is 0 Å². The molecule has 0 bridgehead atoms. The van der Waals surface area contributed by atoms with Gasteiger partial charge in [0.1, 0.15) is 0 Å². The Labute approximate surface area is 134 Å². The van der Waals surface area contributed by atoms with E-state index in [1.165, 1.54) is 0 Å². The molecule has 0 atom stereocenters. The highest BCUT2D eigenvalue weighted by Gasteiger charge is 2.20. The SMILES string of the molecule is CS(=O)(=O)Nc1ccc(N2CCN(c3ncccn3)CC2)nn1. The van der Waals surface area contributed by atoms with Crippen molar-refractivity contribution in [2.24, 2.45) is 0 Å². The highest BCUT2D eigenvalue weighted by Crippen LogP contribution is 2.16. The molecule has 1 N–H and O–H groups in total. The monoisotopic (exact) mass is 335 g/mol. The highest BCUT2D eigenvalue weighted by atomic mass is 32.2. The molecule has 3 heterocycles. The molecule has 0 aliphatic carbocycles. The summed E-state index contributed by atoms with van der Waals surface area (Å²) in [6.07, 6.45) is 4.54. The van der Waals surface area contributed by atoms with Gasteiger partial charge in [0.05, 0.1) is 6.26 Å². The first-order valence-electron chi connectivity index (χ1n) is 7.10. The van der Waals surface area contributed by atoms with Crippen LogP contribution in [0.4, 0.5) is 17.6 Å². The first-order chi connectivity index (χ1) is 11.0. The Morgan fingerprint density at radius 1 is 1.00 bits per heavy atom.